The summed E-state index contributed by atoms with van der Waals surface area (Å²) in [7, 11) is 0. The maximum absolute atomic E-state index is 5.82. The average molecular weight is 351 g/mol. The number of nitrogens with zero attached hydrogens (tertiary/aromatic N) is 3. The predicted molar refractivity (Wildman–Crippen MR) is 103 cm³/mol. The number of ether oxygens (including phenoxy) is 1. The van der Waals surface area contributed by atoms with Gasteiger partial charge in [0.05, 0.1) is 6.61 Å². The predicted octanol–water partition coefficient (Wildman–Crippen LogP) is 4.26. The summed E-state index contributed by atoms with van der Waals surface area (Å²) in [4.78, 5) is 11.3. The lowest BCUT2D eigenvalue weighted by atomic mass is 9.72. The van der Waals surface area contributed by atoms with Crippen molar-refractivity contribution in [3.8, 4) is 6.01 Å². The van der Waals surface area contributed by atoms with Crippen LogP contribution in [-0.2, 0) is 6.54 Å². The first-order valence-corrected chi connectivity index (χ1v) is 9.92. The largest absolute Gasteiger partial charge is 0.463 e. The van der Waals surface area contributed by atoms with Crippen LogP contribution in [0.1, 0.15) is 54.1 Å². The third-order valence-electron chi connectivity index (χ3n) is 5.70. The van der Waals surface area contributed by atoms with E-state index in [0.717, 1.165) is 24.5 Å². The zero-order chi connectivity index (χ0) is 17.9. The molecule has 1 saturated heterocycles. The van der Waals surface area contributed by atoms with Gasteiger partial charge in [-0.25, -0.2) is 9.97 Å². The van der Waals surface area contributed by atoms with Crippen molar-refractivity contribution in [1.82, 2.24) is 14.9 Å². The van der Waals surface area contributed by atoms with Gasteiger partial charge in [-0.2, -0.15) is 0 Å². The molecule has 4 heteroatoms. The van der Waals surface area contributed by atoms with Crippen LogP contribution in [0.15, 0.2) is 30.3 Å². The van der Waals surface area contributed by atoms with Gasteiger partial charge in [0.15, 0.2) is 0 Å². The average Bonchev–Trinajstić information content (AvgIpc) is 3.07. The fourth-order valence-corrected chi connectivity index (χ4v) is 4.19. The molecule has 0 amide bonds. The lowest BCUT2D eigenvalue weighted by Crippen LogP contribution is -2.27. The second kappa shape index (κ2) is 7.75. The third-order valence-corrected chi connectivity index (χ3v) is 5.70. The number of benzene rings is 1. The van der Waals surface area contributed by atoms with Crippen LogP contribution in [-0.4, -0.2) is 34.6 Å². The first-order chi connectivity index (χ1) is 12.7. The summed E-state index contributed by atoms with van der Waals surface area (Å²) in [5.74, 6) is 1.30. The van der Waals surface area contributed by atoms with E-state index in [1.807, 2.05) is 19.9 Å². The Bertz CT molecular complexity index is 711. The van der Waals surface area contributed by atoms with Gasteiger partial charge in [0.1, 0.15) is 0 Å². The Labute approximate surface area is 156 Å². The Morgan fingerprint density at radius 2 is 1.65 bits per heavy atom. The molecule has 0 N–H and O–H groups in total. The molecule has 0 unspecified atom stereocenters. The van der Waals surface area contributed by atoms with Crippen LogP contribution < -0.4 is 4.74 Å². The van der Waals surface area contributed by atoms with Crippen LogP contribution in [0.5, 0.6) is 6.01 Å². The second-order valence-corrected chi connectivity index (χ2v) is 8.00. The van der Waals surface area contributed by atoms with Crippen LogP contribution in [0.4, 0.5) is 0 Å². The molecular weight excluding hydrogens is 322 g/mol. The van der Waals surface area contributed by atoms with Crippen LogP contribution in [0.3, 0.4) is 0 Å². The molecule has 2 aromatic rings. The summed E-state index contributed by atoms with van der Waals surface area (Å²) in [6.45, 7) is 8.32. The van der Waals surface area contributed by atoms with E-state index in [4.69, 9.17) is 4.74 Å². The van der Waals surface area contributed by atoms with Gasteiger partial charge in [0, 0.05) is 17.9 Å². The quantitative estimate of drug-likeness (QED) is 0.779. The van der Waals surface area contributed by atoms with E-state index in [1.165, 1.54) is 49.9 Å². The molecule has 0 bridgehead atoms. The van der Waals surface area contributed by atoms with Crippen molar-refractivity contribution in [3.05, 3.63) is 52.8 Å². The molecule has 1 saturated carbocycles. The van der Waals surface area contributed by atoms with Crippen molar-refractivity contribution in [2.45, 2.75) is 52.0 Å². The van der Waals surface area contributed by atoms with Crippen LogP contribution in [0.25, 0.3) is 0 Å². The molecule has 1 aliphatic heterocycles. The Morgan fingerprint density at radius 3 is 2.31 bits per heavy atom. The fraction of sp³-hybridized carbons (Fsp3) is 0.545. The zero-order valence-electron chi connectivity index (χ0n) is 15.9. The Morgan fingerprint density at radius 1 is 1.00 bits per heavy atom. The van der Waals surface area contributed by atoms with Crippen molar-refractivity contribution in [2.24, 2.45) is 5.92 Å². The lowest BCUT2D eigenvalue weighted by molar-refractivity contribution is 0.149. The van der Waals surface area contributed by atoms with Crippen LogP contribution >= 0.6 is 0 Å². The molecule has 0 atom stereocenters. The monoisotopic (exact) mass is 351 g/mol. The van der Waals surface area contributed by atoms with E-state index >= 15 is 0 Å². The topological polar surface area (TPSA) is 38.2 Å². The van der Waals surface area contributed by atoms with Gasteiger partial charge < -0.3 is 4.74 Å². The minimum Gasteiger partial charge on any atom is -0.463 e. The lowest BCUT2D eigenvalue weighted by Gasteiger charge is -2.35. The van der Waals surface area contributed by atoms with Crippen molar-refractivity contribution in [1.29, 1.82) is 0 Å². The second-order valence-electron chi connectivity index (χ2n) is 8.00. The van der Waals surface area contributed by atoms with Crippen molar-refractivity contribution in [3.63, 3.8) is 0 Å². The number of rotatable bonds is 6. The normalized spacial score (nSPS) is 23.0. The summed E-state index contributed by atoms with van der Waals surface area (Å²) >= 11 is 0. The Kier molecular flexibility index (Phi) is 5.21. The van der Waals surface area contributed by atoms with E-state index in [2.05, 4.69) is 39.1 Å². The number of aryl methyl sites for hydroxylation is 2. The Balaban J connectivity index is 1.24. The van der Waals surface area contributed by atoms with E-state index in [1.54, 1.807) is 0 Å². The van der Waals surface area contributed by atoms with E-state index in [-0.39, 0.29) is 0 Å². The number of hydrogen-bond donors (Lipinski definition) is 0. The maximum atomic E-state index is 5.82. The molecule has 2 fully saturated rings. The van der Waals surface area contributed by atoms with Gasteiger partial charge in [0.25, 0.3) is 0 Å². The molecule has 0 radical (unpaired) electrons. The summed E-state index contributed by atoms with van der Waals surface area (Å²) in [6.07, 6.45) is 5.13. The molecule has 2 heterocycles. The molecule has 1 aromatic carbocycles. The maximum Gasteiger partial charge on any atom is 0.316 e. The standard InChI is InChI=1S/C22H29N3O/c1-16-11-17(2)24-22(23-16)26-15-19-12-21(13-19)20-7-5-18(6-8-20)14-25-9-3-4-10-25/h5-8,11,19,21H,3-4,9-10,12-15H2,1-2H3/t19-,21-. The molecular formula is C22H29N3O. The number of likely N-dealkylation sites (tertiary alicyclic amines) is 1. The summed E-state index contributed by atoms with van der Waals surface area (Å²) in [6, 6.07) is 11.8. The molecule has 4 rings (SSSR count). The van der Waals surface area contributed by atoms with Crippen molar-refractivity contribution >= 4 is 0 Å². The highest BCUT2D eigenvalue weighted by Gasteiger charge is 2.31. The fourth-order valence-electron chi connectivity index (χ4n) is 4.19. The SMILES string of the molecule is Cc1cc(C)nc(OC[C@H]2C[C@H](c3ccc(CN4CCCC4)cc3)C2)n1. The number of aromatic nitrogens is 2. The van der Waals surface area contributed by atoms with E-state index in [9.17, 15) is 0 Å². The molecule has 1 aromatic heterocycles. The highest BCUT2D eigenvalue weighted by Crippen LogP contribution is 2.41. The highest BCUT2D eigenvalue weighted by molar-refractivity contribution is 5.27. The van der Waals surface area contributed by atoms with Gasteiger partial charge >= 0.3 is 6.01 Å². The van der Waals surface area contributed by atoms with Crippen molar-refractivity contribution in [2.75, 3.05) is 19.7 Å². The van der Waals surface area contributed by atoms with Crippen molar-refractivity contribution < 1.29 is 4.74 Å². The van der Waals surface area contributed by atoms with Crippen LogP contribution in [0, 0.1) is 19.8 Å². The minimum atomic E-state index is 0.525. The molecule has 4 nitrogen and oxygen atoms in total. The summed E-state index contributed by atoms with van der Waals surface area (Å²) in [5.41, 5.74) is 4.86. The zero-order valence-corrected chi connectivity index (χ0v) is 15.9. The van der Waals surface area contributed by atoms with Gasteiger partial charge in [-0.15, -0.1) is 0 Å². The summed E-state index contributed by atoms with van der Waals surface area (Å²) in [5, 5.41) is 0. The van der Waals surface area contributed by atoms with Gasteiger partial charge in [0.2, 0.25) is 0 Å². The number of hydrogen-bond acceptors (Lipinski definition) is 4. The molecule has 2 aliphatic rings. The minimum absolute atomic E-state index is 0.525. The molecule has 1 aliphatic carbocycles. The van der Waals surface area contributed by atoms with Crippen LogP contribution in [0.2, 0.25) is 0 Å². The molecule has 26 heavy (non-hydrogen) atoms. The molecule has 138 valence electrons. The smallest absolute Gasteiger partial charge is 0.316 e. The first-order valence-electron chi connectivity index (χ1n) is 9.92. The Hall–Kier alpha value is -1.94. The first kappa shape index (κ1) is 17.5. The van der Waals surface area contributed by atoms with Gasteiger partial charge in [-0.05, 0) is 81.6 Å². The third kappa shape index (κ3) is 4.24. The van der Waals surface area contributed by atoms with E-state index < -0.39 is 0 Å². The van der Waals surface area contributed by atoms with Gasteiger partial charge in [-0.3, -0.25) is 4.90 Å². The molecule has 0 spiro atoms. The van der Waals surface area contributed by atoms with Gasteiger partial charge in [-0.1, -0.05) is 24.3 Å². The summed E-state index contributed by atoms with van der Waals surface area (Å²) < 4.78 is 5.82. The van der Waals surface area contributed by atoms with E-state index in [0.29, 0.717) is 17.8 Å². The highest BCUT2D eigenvalue weighted by atomic mass is 16.5.